The third-order valence-corrected chi connectivity index (χ3v) is 1.91. The van der Waals surface area contributed by atoms with E-state index in [0.29, 0.717) is 13.1 Å². The summed E-state index contributed by atoms with van der Waals surface area (Å²) < 4.78 is 14.0. The number of rotatable bonds is 0. The topological polar surface area (TPSA) is 20.3 Å². The average molecular weight is 166 g/mol. The summed E-state index contributed by atoms with van der Waals surface area (Å²) in [6.45, 7) is 0.940. The van der Waals surface area contributed by atoms with Gasteiger partial charge in [-0.25, -0.2) is 8.81 Å². The summed E-state index contributed by atoms with van der Waals surface area (Å²) in [5.41, 5.74) is 0. The molecule has 0 spiro atoms. The Morgan fingerprint density at radius 1 is 1.60 bits per heavy atom. The van der Waals surface area contributed by atoms with Gasteiger partial charge in [-0.2, -0.15) is 0 Å². The summed E-state index contributed by atoms with van der Waals surface area (Å²) in [6, 6.07) is 0. The average Bonchev–Trinajstić information content (AvgIpc) is 2.04. The fourth-order valence-electron chi connectivity index (χ4n) is 0.914. The van der Waals surface area contributed by atoms with Crippen LogP contribution >= 0.6 is 11.8 Å². The summed E-state index contributed by atoms with van der Waals surface area (Å²) >= 11 is 5.57. The van der Waals surface area contributed by atoms with Crippen LogP contribution in [0.1, 0.15) is 12.8 Å². The Hall–Kier alpha value is -0.150. The smallest absolute Gasteiger partial charge is 0.168 e. The second-order valence-electron chi connectivity index (χ2n) is 2.38. The van der Waals surface area contributed by atoms with Gasteiger partial charge in [-0.3, -0.25) is 4.79 Å². The Morgan fingerprint density at radius 3 is 3.00 bits per heavy atom. The number of alkyl halides is 1. The van der Waals surface area contributed by atoms with Gasteiger partial charge in [0.15, 0.2) is 12.0 Å². The fourth-order valence-corrected chi connectivity index (χ4v) is 1.10. The Balaban J connectivity index is 2.46. The van der Waals surface area contributed by atoms with E-state index in [-0.39, 0.29) is 18.6 Å². The number of ketones is 1. The third-order valence-electron chi connectivity index (χ3n) is 1.58. The predicted molar refractivity (Wildman–Crippen MR) is 36.6 cm³/mol. The van der Waals surface area contributed by atoms with E-state index in [1.54, 1.807) is 0 Å². The first kappa shape index (κ1) is 7.95. The van der Waals surface area contributed by atoms with Crippen LogP contribution in [0.25, 0.3) is 0 Å². The zero-order chi connectivity index (χ0) is 7.56. The van der Waals surface area contributed by atoms with E-state index >= 15 is 0 Å². The minimum atomic E-state index is -1.29. The number of Topliss-reactive ketones (excluding diaryl/α,β-unsaturated/α-hetero) is 1. The first-order valence-corrected chi connectivity index (χ1v) is 3.61. The van der Waals surface area contributed by atoms with Crippen molar-refractivity contribution < 1.29 is 9.18 Å². The van der Waals surface area contributed by atoms with Crippen molar-refractivity contribution in [1.29, 1.82) is 0 Å². The van der Waals surface area contributed by atoms with Gasteiger partial charge in [-0.05, 0) is 18.2 Å². The molecule has 4 heteroatoms. The van der Waals surface area contributed by atoms with E-state index in [1.807, 2.05) is 0 Å². The monoisotopic (exact) mass is 165 g/mol. The molecule has 1 aliphatic rings. The Labute approximate surface area is 64.1 Å². The number of hydrogen-bond acceptors (Lipinski definition) is 2. The molecule has 0 aromatic heterocycles. The highest BCUT2D eigenvalue weighted by Gasteiger charge is 2.22. The maximum atomic E-state index is 12.6. The molecule has 0 bridgehead atoms. The lowest BCUT2D eigenvalue weighted by Gasteiger charge is -2.06. The highest BCUT2D eigenvalue weighted by atomic mass is 35.5. The Bertz CT molecular complexity index is 142. The molecule has 1 saturated heterocycles. The van der Waals surface area contributed by atoms with E-state index in [2.05, 4.69) is 0 Å². The quantitative estimate of drug-likeness (QED) is 0.502. The standard InChI is InChI=1S/C6H9ClFNO/c7-9-3-1-5(8)6(10)2-4-9/h5H,1-4H2. The Kier molecular flexibility index (Phi) is 2.63. The zero-order valence-electron chi connectivity index (χ0n) is 5.52. The van der Waals surface area contributed by atoms with Crippen LogP contribution in [0.4, 0.5) is 4.39 Å². The van der Waals surface area contributed by atoms with Gasteiger partial charge in [-0.15, -0.1) is 0 Å². The van der Waals surface area contributed by atoms with Gasteiger partial charge in [0.05, 0.1) is 0 Å². The maximum absolute atomic E-state index is 12.6. The number of nitrogens with zero attached hydrogens (tertiary/aromatic N) is 1. The minimum Gasteiger partial charge on any atom is -0.296 e. The highest BCUT2D eigenvalue weighted by Crippen LogP contribution is 2.11. The van der Waals surface area contributed by atoms with E-state index in [1.165, 1.54) is 4.42 Å². The number of carbonyl (C=O) groups excluding carboxylic acids is 1. The van der Waals surface area contributed by atoms with Crippen molar-refractivity contribution in [3.8, 4) is 0 Å². The molecule has 0 radical (unpaired) electrons. The molecule has 1 heterocycles. The second-order valence-corrected chi connectivity index (χ2v) is 2.86. The first-order chi connectivity index (χ1) is 4.70. The van der Waals surface area contributed by atoms with E-state index in [0.717, 1.165) is 0 Å². The first-order valence-electron chi connectivity index (χ1n) is 3.27. The molecular weight excluding hydrogens is 157 g/mol. The van der Waals surface area contributed by atoms with Crippen molar-refractivity contribution in [2.24, 2.45) is 0 Å². The lowest BCUT2D eigenvalue weighted by molar-refractivity contribution is -0.123. The molecule has 58 valence electrons. The lowest BCUT2D eigenvalue weighted by Crippen LogP contribution is -2.13. The van der Waals surface area contributed by atoms with Crippen LogP contribution in [0.2, 0.25) is 0 Å². The molecule has 2 nitrogen and oxygen atoms in total. The van der Waals surface area contributed by atoms with Crippen LogP contribution in [0.3, 0.4) is 0 Å². The minimum absolute atomic E-state index is 0.238. The van der Waals surface area contributed by atoms with Gasteiger partial charge in [0.25, 0.3) is 0 Å². The molecular formula is C6H9ClFNO. The fraction of sp³-hybridized carbons (Fsp3) is 0.833. The van der Waals surface area contributed by atoms with Crippen molar-refractivity contribution >= 4 is 17.6 Å². The summed E-state index contributed by atoms with van der Waals surface area (Å²) in [5.74, 6) is -0.317. The SMILES string of the molecule is O=C1CCN(Cl)CCC1F. The molecule has 1 fully saturated rings. The van der Waals surface area contributed by atoms with Gasteiger partial charge in [-0.1, -0.05) is 0 Å². The molecule has 0 saturated carbocycles. The molecule has 1 rings (SSSR count). The van der Waals surface area contributed by atoms with E-state index < -0.39 is 6.17 Å². The largest absolute Gasteiger partial charge is 0.296 e. The zero-order valence-corrected chi connectivity index (χ0v) is 6.27. The third kappa shape index (κ3) is 1.92. The second kappa shape index (κ2) is 3.30. The summed E-state index contributed by atoms with van der Waals surface area (Å²) in [5, 5.41) is 0. The number of halogens is 2. The lowest BCUT2D eigenvalue weighted by atomic mass is 10.2. The van der Waals surface area contributed by atoms with Gasteiger partial charge in [0, 0.05) is 19.5 Å². The molecule has 0 aromatic carbocycles. The van der Waals surface area contributed by atoms with Crippen LogP contribution < -0.4 is 0 Å². The Morgan fingerprint density at radius 2 is 2.30 bits per heavy atom. The van der Waals surface area contributed by atoms with Crippen LogP contribution in [0.5, 0.6) is 0 Å². The molecule has 1 atom stereocenters. The normalized spacial score (nSPS) is 30.2. The van der Waals surface area contributed by atoms with Crippen molar-refractivity contribution in [2.75, 3.05) is 13.1 Å². The molecule has 1 unspecified atom stereocenters. The van der Waals surface area contributed by atoms with Crippen LogP contribution in [0.15, 0.2) is 0 Å². The van der Waals surface area contributed by atoms with Crippen LogP contribution in [-0.2, 0) is 4.79 Å². The van der Waals surface area contributed by atoms with Crippen LogP contribution in [-0.4, -0.2) is 29.5 Å². The van der Waals surface area contributed by atoms with E-state index in [4.69, 9.17) is 11.8 Å². The molecule has 10 heavy (non-hydrogen) atoms. The number of carbonyl (C=O) groups is 1. The van der Waals surface area contributed by atoms with Crippen molar-refractivity contribution in [1.82, 2.24) is 4.42 Å². The summed E-state index contributed by atoms with van der Waals surface area (Å²) in [7, 11) is 0. The molecule has 0 amide bonds. The summed E-state index contributed by atoms with van der Waals surface area (Å²) in [4.78, 5) is 10.7. The van der Waals surface area contributed by atoms with Gasteiger partial charge >= 0.3 is 0 Å². The van der Waals surface area contributed by atoms with Gasteiger partial charge < -0.3 is 0 Å². The van der Waals surface area contributed by atoms with E-state index in [9.17, 15) is 9.18 Å². The van der Waals surface area contributed by atoms with Crippen molar-refractivity contribution in [3.05, 3.63) is 0 Å². The van der Waals surface area contributed by atoms with Crippen molar-refractivity contribution in [3.63, 3.8) is 0 Å². The molecule has 0 aliphatic carbocycles. The van der Waals surface area contributed by atoms with Gasteiger partial charge in [0.2, 0.25) is 0 Å². The maximum Gasteiger partial charge on any atom is 0.168 e. The highest BCUT2D eigenvalue weighted by molar-refractivity contribution is 6.13. The van der Waals surface area contributed by atoms with Crippen molar-refractivity contribution in [2.45, 2.75) is 19.0 Å². The van der Waals surface area contributed by atoms with Crippen LogP contribution in [0, 0.1) is 0 Å². The molecule has 0 aromatic rings. The molecule has 0 N–H and O–H groups in total. The van der Waals surface area contributed by atoms with Gasteiger partial charge in [0.1, 0.15) is 0 Å². The summed E-state index contributed by atoms with van der Waals surface area (Å²) in [6.07, 6.45) is -0.809. The predicted octanol–water partition coefficient (Wildman–Crippen LogP) is 1.14. The molecule has 1 aliphatic heterocycles. The number of hydrogen-bond donors (Lipinski definition) is 0.